The van der Waals surface area contributed by atoms with Crippen LogP contribution in [0.1, 0.15) is 115 Å². The minimum atomic E-state index is 0.636. The first-order valence-corrected chi connectivity index (χ1v) is 12.0. The van der Waals surface area contributed by atoms with E-state index in [0.717, 1.165) is 18.6 Å². The molecule has 0 aliphatic rings. The zero-order valence-electron chi connectivity index (χ0n) is 17.7. The summed E-state index contributed by atoms with van der Waals surface area (Å²) in [6.45, 7) is 3.05. The summed E-state index contributed by atoms with van der Waals surface area (Å²) in [4.78, 5) is 0. The van der Waals surface area contributed by atoms with Crippen LogP contribution in [-0.2, 0) is 4.74 Å². The van der Waals surface area contributed by atoms with Crippen LogP contribution >= 0.6 is 12.2 Å². The van der Waals surface area contributed by atoms with Crippen LogP contribution in [0.25, 0.3) is 0 Å². The smallest absolute Gasteiger partial charge is 0.191 e. The SMILES string of the molecule is CCCCCCCCCCCCCCCCCCOC(=S)c1ccccc1. The van der Waals surface area contributed by atoms with E-state index < -0.39 is 0 Å². The van der Waals surface area contributed by atoms with Crippen LogP contribution in [0.3, 0.4) is 0 Å². The maximum Gasteiger partial charge on any atom is 0.191 e. The van der Waals surface area contributed by atoms with Gasteiger partial charge in [0.25, 0.3) is 0 Å². The first-order valence-electron chi connectivity index (χ1n) is 11.6. The van der Waals surface area contributed by atoms with E-state index in [4.69, 9.17) is 17.0 Å². The summed E-state index contributed by atoms with van der Waals surface area (Å²) < 4.78 is 5.68. The minimum Gasteiger partial charge on any atom is -0.483 e. The molecular weight excluding hydrogens is 348 g/mol. The van der Waals surface area contributed by atoms with Gasteiger partial charge in [-0.25, -0.2) is 0 Å². The molecule has 1 aromatic carbocycles. The van der Waals surface area contributed by atoms with Crippen molar-refractivity contribution in [2.75, 3.05) is 6.61 Å². The van der Waals surface area contributed by atoms with Crippen LogP contribution in [0.15, 0.2) is 30.3 Å². The van der Waals surface area contributed by atoms with Gasteiger partial charge in [0, 0.05) is 5.56 Å². The predicted octanol–water partition coefficient (Wildman–Crippen LogP) is 8.64. The molecule has 0 heterocycles. The average Bonchev–Trinajstić information content (AvgIpc) is 2.70. The number of rotatable bonds is 18. The van der Waals surface area contributed by atoms with Crippen molar-refractivity contribution in [2.45, 2.75) is 110 Å². The summed E-state index contributed by atoms with van der Waals surface area (Å²) in [6, 6.07) is 10.0. The molecule has 0 aromatic heterocycles. The quantitative estimate of drug-likeness (QED) is 0.183. The third-order valence-electron chi connectivity index (χ3n) is 5.24. The van der Waals surface area contributed by atoms with Crippen LogP contribution < -0.4 is 0 Å². The molecule has 0 bridgehead atoms. The molecule has 0 aliphatic carbocycles. The third-order valence-corrected chi connectivity index (χ3v) is 5.59. The molecule has 27 heavy (non-hydrogen) atoms. The van der Waals surface area contributed by atoms with Crippen LogP contribution in [0.2, 0.25) is 0 Å². The summed E-state index contributed by atoms with van der Waals surface area (Å²) in [7, 11) is 0. The Morgan fingerprint density at radius 3 is 1.48 bits per heavy atom. The van der Waals surface area contributed by atoms with E-state index in [1.54, 1.807) is 0 Å². The Balaban J connectivity index is 1.75. The van der Waals surface area contributed by atoms with E-state index in [-0.39, 0.29) is 0 Å². The summed E-state index contributed by atoms with van der Waals surface area (Å²) in [6.07, 6.45) is 22.3. The van der Waals surface area contributed by atoms with Gasteiger partial charge in [0.15, 0.2) is 5.05 Å². The second-order valence-corrected chi connectivity index (χ2v) is 8.18. The highest BCUT2D eigenvalue weighted by atomic mass is 32.1. The van der Waals surface area contributed by atoms with Gasteiger partial charge in [-0.3, -0.25) is 0 Å². The fourth-order valence-electron chi connectivity index (χ4n) is 3.47. The van der Waals surface area contributed by atoms with Gasteiger partial charge in [-0.15, -0.1) is 0 Å². The second kappa shape index (κ2) is 18.5. The van der Waals surface area contributed by atoms with Gasteiger partial charge in [0.2, 0.25) is 0 Å². The topological polar surface area (TPSA) is 9.23 Å². The van der Waals surface area contributed by atoms with Crippen molar-refractivity contribution >= 4 is 17.3 Å². The lowest BCUT2D eigenvalue weighted by Crippen LogP contribution is -2.04. The van der Waals surface area contributed by atoms with E-state index in [1.165, 1.54) is 96.3 Å². The van der Waals surface area contributed by atoms with Crippen molar-refractivity contribution in [1.29, 1.82) is 0 Å². The van der Waals surface area contributed by atoms with E-state index in [1.807, 2.05) is 30.3 Å². The Morgan fingerprint density at radius 2 is 1.04 bits per heavy atom. The van der Waals surface area contributed by atoms with E-state index >= 15 is 0 Å². The van der Waals surface area contributed by atoms with Crippen LogP contribution in [0, 0.1) is 0 Å². The maximum absolute atomic E-state index is 5.68. The molecule has 0 fully saturated rings. The van der Waals surface area contributed by atoms with Crippen molar-refractivity contribution < 1.29 is 4.74 Å². The molecule has 0 unspecified atom stereocenters. The molecule has 1 aromatic rings. The summed E-state index contributed by atoms with van der Waals surface area (Å²) in [5.74, 6) is 0. The molecule has 0 aliphatic heterocycles. The standard InChI is InChI=1S/C25H42OS/c1-2-3-4-5-6-7-8-9-10-11-12-13-14-15-16-20-23-26-25(27)24-21-18-17-19-22-24/h17-19,21-22H,2-16,20,23H2,1H3. The summed E-state index contributed by atoms with van der Waals surface area (Å²) in [5, 5.41) is 0.636. The van der Waals surface area contributed by atoms with E-state index in [0.29, 0.717) is 5.05 Å². The van der Waals surface area contributed by atoms with Gasteiger partial charge < -0.3 is 4.74 Å². The van der Waals surface area contributed by atoms with Gasteiger partial charge in [0.05, 0.1) is 6.61 Å². The van der Waals surface area contributed by atoms with Crippen molar-refractivity contribution in [3.05, 3.63) is 35.9 Å². The predicted molar refractivity (Wildman–Crippen MR) is 124 cm³/mol. The molecule has 0 spiro atoms. The highest BCUT2D eigenvalue weighted by Gasteiger charge is 2.00. The lowest BCUT2D eigenvalue weighted by molar-refractivity contribution is 0.300. The van der Waals surface area contributed by atoms with Gasteiger partial charge in [-0.05, 0) is 18.6 Å². The summed E-state index contributed by atoms with van der Waals surface area (Å²) in [5.41, 5.74) is 1.02. The Hall–Kier alpha value is -0.890. The Bertz CT molecular complexity index is 443. The van der Waals surface area contributed by atoms with Gasteiger partial charge in [-0.2, -0.15) is 0 Å². The van der Waals surface area contributed by atoms with Crippen molar-refractivity contribution in [1.82, 2.24) is 0 Å². The van der Waals surface area contributed by atoms with E-state index in [9.17, 15) is 0 Å². The van der Waals surface area contributed by atoms with Crippen molar-refractivity contribution in [3.63, 3.8) is 0 Å². The molecule has 0 saturated heterocycles. The molecule has 0 atom stereocenters. The normalized spacial score (nSPS) is 10.9. The highest BCUT2D eigenvalue weighted by molar-refractivity contribution is 7.80. The average molecular weight is 391 g/mol. The van der Waals surface area contributed by atoms with Gasteiger partial charge in [0.1, 0.15) is 0 Å². The fourth-order valence-corrected chi connectivity index (χ4v) is 3.69. The Morgan fingerprint density at radius 1 is 0.630 bits per heavy atom. The number of thiocarbonyl (C=S) groups is 1. The van der Waals surface area contributed by atoms with E-state index in [2.05, 4.69) is 6.92 Å². The minimum absolute atomic E-state index is 0.636. The molecule has 0 radical (unpaired) electrons. The summed E-state index contributed by atoms with van der Waals surface area (Å²) >= 11 is 5.31. The number of hydrogen-bond donors (Lipinski definition) is 0. The number of unbranched alkanes of at least 4 members (excludes halogenated alkanes) is 15. The molecule has 0 N–H and O–H groups in total. The molecule has 1 nitrogen and oxygen atoms in total. The van der Waals surface area contributed by atoms with Gasteiger partial charge in [-0.1, -0.05) is 134 Å². The lowest BCUT2D eigenvalue weighted by atomic mass is 10.0. The molecular formula is C25H42OS. The Labute approximate surface area is 174 Å². The first kappa shape index (κ1) is 24.1. The molecule has 0 amide bonds. The fraction of sp³-hybridized carbons (Fsp3) is 0.720. The van der Waals surface area contributed by atoms with Crippen LogP contribution in [-0.4, -0.2) is 11.7 Å². The zero-order chi connectivity index (χ0) is 19.4. The molecule has 154 valence electrons. The monoisotopic (exact) mass is 390 g/mol. The Kier molecular flexibility index (Phi) is 16.5. The first-order chi connectivity index (χ1) is 13.3. The zero-order valence-corrected chi connectivity index (χ0v) is 18.5. The lowest BCUT2D eigenvalue weighted by Gasteiger charge is -2.07. The van der Waals surface area contributed by atoms with Crippen molar-refractivity contribution in [3.8, 4) is 0 Å². The van der Waals surface area contributed by atoms with Crippen LogP contribution in [0.5, 0.6) is 0 Å². The third kappa shape index (κ3) is 14.8. The van der Waals surface area contributed by atoms with Gasteiger partial charge >= 0.3 is 0 Å². The maximum atomic E-state index is 5.68. The molecule has 2 heteroatoms. The molecule has 0 saturated carbocycles. The highest BCUT2D eigenvalue weighted by Crippen LogP contribution is 2.14. The number of benzene rings is 1. The number of hydrogen-bond acceptors (Lipinski definition) is 2. The van der Waals surface area contributed by atoms with Crippen LogP contribution in [0.4, 0.5) is 0 Å². The second-order valence-electron chi connectivity index (χ2n) is 7.81. The molecule has 1 rings (SSSR count). The van der Waals surface area contributed by atoms with Crippen molar-refractivity contribution in [2.24, 2.45) is 0 Å². The largest absolute Gasteiger partial charge is 0.483 e. The number of ether oxygens (including phenoxy) is 1.